The summed E-state index contributed by atoms with van der Waals surface area (Å²) in [5, 5.41) is 2.92. The van der Waals surface area contributed by atoms with E-state index in [0.717, 1.165) is 18.4 Å². The third-order valence-electron chi connectivity index (χ3n) is 3.54. The maximum atomic E-state index is 12.5. The summed E-state index contributed by atoms with van der Waals surface area (Å²) in [6.45, 7) is 2.25. The van der Waals surface area contributed by atoms with Gasteiger partial charge < -0.3 is 15.8 Å². The molecule has 2 rings (SSSR count). The van der Waals surface area contributed by atoms with Gasteiger partial charge in [-0.2, -0.15) is 0 Å². The maximum Gasteiger partial charge on any atom is 0.230 e. The van der Waals surface area contributed by atoms with Gasteiger partial charge in [-0.25, -0.2) is 0 Å². The van der Waals surface area contributed by atoms with E-state index in [-0.39, 0.29) is 18.3 Å². The van der Waals surface area contributed by atoms with Crippen LogP contribution in [0.5, 0.6) is 0 Å². The summed E-state index contributed by atoms with van der Waals surface area (Å²) in [5.74, 6) is 0.0717. The molecule has 1 amide bonds. The van der Waals surface area contributed by atoms with Crippen molar-refractivity contribution in [3.05, 3.63) is 35.9 Å². The number of ether oxygens (including phenoxy) is 1. The number of halogens is 1. The highest BCUT2D eigenvalue weighted by molar-refractivity contribution is 5.88. The number of amides is 1. The zero-order chi connectivity index (χ0) is 12.8. The summed E-state index contributed by atoms with van der Waals surface area (Å²) in [6, 6.07) is 9.96. The predicted octanol–water partition coefficient (Wildman–Crippen LogP) is 1.23. The second kappa shape index (κ2) is 7.48. The zero-order valence-corrected chi connectivity index (χ0v) is 11.7. The van der Waals surface area contributed by atoms with Crippen molar-refractivity contribution in [2.75, 3.05) is 26.3 Å². The SMILES string of the molecule is Cl.NCCNC(=O)C1(c2ccccc2)CCOCC1. The van der Waals surface area contributed by atoms with Crippen LogP contribution in [-0.2, 0) is 14.9 Å². The van der Waals surface area contributed by atoms with E-state index in [9.17, 15) is 4.79 Å². The second-order valence-corrected chi connectivity index (χ2v) is 4.61. The first-order valence-electron chi connectivity index (χ1n) is 6.41. The number of hydrogen-bond donors (Lipinski definition) is 2. The van der Waals surface area contributed by atoms with Crippen LogP contribution < -0.4 is 11.1 Å². The molecule has 1 aromatic carbocycles. The van der Waals surface area contributed by atoms with Gasteiger partial charge in [-0.3, -0.25) is 4.79 Å². The second-order valence-electron chi connectivity index (χ2n) is 4.61. The molecule has 0 bridgehead atoms. The van der Waals surface area contributed by atoms with Crippen molar-refractivity contribution in [1.29, 1.82) is 0 Å². The monoisotopic (exact) mass is 284 g/mol. The van der Waals surface area contributed by atoms with Gasteiger partial charge in [0, 0.05) is 26.3 Å². The fourth-order valence-electron chi connectivity index (χ4n) is 2.48. The van der Waals surface area contributed by atoms with Gasteiger partial charge in [-0.1, -0.05) is 30.3 Å². The molecule has 0 saturated carbocycles. The lowest BCUT2D eigenvalue weighted by Gasteiger charge is -2.36. The Kier molecular flexibility index (Phi) is 6.28. The number of hydrogen-bond acceptors (Lipinski definition) is 3. The van der Waals surface area contributed by atoms with E-state index >= 15 is 0 Å². The number of rotatable bonds is 4. The molecule has 0 atom stereocenters. The van der Waals surface area contributed by atoms with Gasteiger partial charge in [0.25, 0.3) is 0 Å². The third kappa shape index (κ3) is 3.47. The van der Waals surface area contributed by atoms with Crippen LogP contribution in [0, 0.1) is 0 Å². The number of carbonyl (C=O) groups is 1. The number of nitrogens with two attached hydrogens (primary N) is 1. The molecule has 5 heteroatoms. The first-order chi connectivity index (χ1) is 8.79. The molecule has 4 nitrogen and oxygen atoms in total. The van der Waals surface area contributed by atoms with E-state index in [1.807, 2.05) is 30.3 Å². The van der Waals surface area contributed by atoms with Crippen LogP contribution in [0.4, 0.5) is 0 Å². The lowest BCUT2D eigenvalue weighted by molar-refractivity contribution is -0.130. The Labute approximate surface area is 120 Å². The van der Waals surface area contributed by atoms with Gasteiger partial charge in [0.1, 0.15) is 0 Å². The predicted molar refractivity (Wildman–Crippen MR) is 77.5 cm³/mol. The normalized spacial score (nSPS) is 17.3. The van der Waals surface area contributed by atoms with E-state index in [4.69, 9.17) is 10.5 Å². The summed E-state index contributed by atoms with van der Waals surface area (Å²) in [5.41, 5.74) is 6.07. The molecule has 1 heterocycles. The Morgan fingerprint density at radius 1 is 1.26 bits per heavy atom. The number of carbonyl (C=O) groups excluding carboxylic acids is 1. The van der Waals surface area contributed by atoms with Crippen LogP contribution in [-0.4, -0.2) is 32.2 Å². The highest BCUT2D eigenvalue weighted by Crippen LogP contribution is 2.34. The Hall–Kier alpha value is -1.10. The van der Waals surface area contributed by atoms with Crippen molar-refractivity contribution < 1.29 is 9.53 Å². The first kappa shape index (κ1) is 16.0. The lowest BCUT2D eigenvalue weighted by atomic mass is 9.73. The molecule has 0 aliphatic carbocycles. The summed E-state index contributed by atoms with van der Waals surface area (Å²) in [4.78, 5) is 12.5. The summed E-state index contributed by atoms with van der Waals surface area (Å²) < 4.78 is 5.40. The molecule has 106 valence electrons. The van der Waals surface area contributed by atoms with E-state index in [0.29, 0.717) is 26.3 Å². The Balaban J connectivity index is 0.00000180. The number of nitrogens with one attached hydrogen (secondary N) is 1. The van der Waals surface area contributed by atoms with Crippen LogP contribution in [0.3, 0.4) is 0 Å². The van der Waals surface area contributed by atoms with Crippen LogP contribution in [0.15, 0.2) is 30.3 Å². The minimum absolute atomic E-state index is 0. The molecule has 1 saturated heterocycles. The Morgan fingerprint density at radius 3 is 2.47 bits per heavy atom. The van der Waals surface area contributed by atoms with Gasteiger partial charge in [0.15, 0.2) is 0 Å². The van der Waals surface area contributed by atoms with Gasteiger partial charge in [0.2, 0.25) is 5.91 Å². The molecule has 0 aromatic heterocycles. The van der Waals surface area contributed by atoms with Crippen molar-refractivity contribution in [3.8, 4) is 0 Å². The van der Waals surface area contributed by atoms with Crippen molar-refractivity contribution in [2.24, 2.45) is 5.73 Å². The number of benzene rings is 1. The molecule has 1 aliphatic rings. The minimum atomic E-state index is -0.450. The molecule has 1 aromatic rings. The van der Waals surface area contributed by atoms with Crippen LogP contribution in [0.1, 0.15) is 18.4 Å². The van der Waals surface area contributed by atoms with Crippen LogP contribution in [0.2, 0.25) is 0 Å². The van der Waals surface area contributed by atoms with Gasteiger partial charge >= 0.3 is 0 Å². The van der Waals surface area contributed by atoms with E-state index in [1.165, 1.54) is 0 Å². The quantitative estimate of drug-likeness (QED) is 0.874. The van der Waals surface area contributed by atoms with Gasteiger partial charge in [-0.15, -0.1) is 12.4 Å². The van der Waals surface area contributed by atoms with Crippen molar-refractivity contribution in [2.45, 2.75) is 18.3 Å². The van der Waals surface area contributed by atoms with Gasteiger partial charge in [-0.05, 0) is 18.4 Å². The molecule has 1 aliphatic heterocycles. The molecule has 19 heavy (non-hydrogen) atoms. The topological polar surface area (TPSA) is 64.3 Å². The molecule has 3 N–H and O–H groups in total. The van der Waals surface area contributed by atoms with Crippen LogP contribution in [0.25, 0.3) is 0 Å². The van der Waals surface area contributed by atoms with Gasteiger partial charge in [0.05, 0.1) is 5.41 Å². The van der Waals surface area contributed by atoms with E-state index in [2.05, 4.69) is 5.32 Å². The summed E-state index contributed by atoms with van der Waals surface area (Å²) in [7, 11) is 0. The molecular formula is C14H21ClN2O2. The fraction of sp³-hybridized carbons (Fsp3) is 0.500. The highest BCUT2D eigenvalue weighted by atomic mass is 35.5. The van der Waals surface area contributed by atoms with Crippen molar-refractivity contribution in [1.82, 2.24) is 5.32 Å². The average Bonchev–Trinajstić information content (AvgIpc) is 2.46. The standard InChI is InChI=1S/C14H20N2O2.ClH/c15-8-9-16-13(17)14(6-10-18-11-7-14)12-4-2-1-3-5-12;/h1-5H,6-11,15H2,(H,16,17);1H. The Bertz CT molecular complexity index is 392. The van der Waals surface area contributed by atoms with Crippen molar-refractivity contribution in [3.63, 3.8) is 0 Å². The summed E-state index contributed by atoms with van der Waals surface area (Å²) in [6.07, 6.45) is 1.46. The largest absolute Gasteiger partial charge is 0.381 e. The highest BCUT2D eigenvalue weighted by Gasteiger charge is 2.41. The third-order valence-corrected chi connectivity index (χ3v) is 3.54. The van der Waals surface area contributed by atoms with E-state index < -0.39 is 5.41 Å². The molecular weight excluding hydrogens is 264 g/mol. The summed E-state index contributed by atoms with van der Waals surface area (Å²) >= 11 is 0. The van der Waals surface area contributed by atoms with E-state index in [1.54, 1.807) is 0 Å². The Morgan fingerprint density at radius 2 is 1.89 bits per heavy atom. The first-order valence-corrected chi connectivity index (χ1v) is 6.41. The molecule has 1 fully saturated rings. The minimum Gasteiger partial charge on any atom is -0.381 e. The fourth-order valence-corrected chi connectivity index (χ4v) is 2.48. The maximum absolute atomic E-state index is 12.5. The van der Waals surface area contributed by atoms with Crippen molar-refractivity contribution >= 4 is 18.3 Å². The average molecular weight is 285 g/mol. The molecule has 0 spiro atoms. The molecule has 0 radical (unpaired) electrons. The lowest BCUT2D eigenvalue weighted by Crippen LogP contribution is -2.49. The van der Waals surface area contributed by atoms with Crippen LogP contribution >= 0.6 is 12.4 Å². The zero-order valence-electron chi connectivity index (χ0n) is 10.9. The molecule has 0 unspecified atom stereocenters. The smallest absolute Gasteiger partial charge is 0.230 e.